The zero-order valence-electron chi connectivity index (χ0n) is 9.91. The normalized spacial score (nSPS) is 16.8. The molecule has 0 radical (unpaired) electrons. The summed E-state index contributed by atoms with van der Waals surface area (Å²) in [6, 6.07) is 7.71. The van der Waals surface area contributed by atoms with Crippen molar-refractivity contribution in [3.8, 4) is 6.07 Å². The molecule has 0 unspecified atom stereocenters. The number of anilines is 1. The summed E-state index contributed by atoms with van der Waals surface area (Å²) in [5.74, 6) is -0.283. The van der Waals surface area contributed by atoms with Gasteiger partial charge < -0.3 is 10.1 Å². The number of hydrogen-bond acceptors (Lipinski definition) is 3. The van der Waals surface area contributed by atoms with E-state index in [9.17, 15) is 4.79 Å². The average molecular weight is 230 g/mol. The van der Waals surface area contributed by atoms with Crippen LogP contribution < -0.4 is 5.32 Å². The van der Waals surface area contributed by atoms with E-state index in [4.69, 9.17) is 10.00 Å². The van der Waals surface area contributed by atoms with Crippen LogP contribution in [0.1, 0.15) is 11.1 Å². The molecule has 17 heavy (non-hydrogen) atoms. The van der Waals surface area contributed by atoms with Crippen molar-refractivity contribution in [2.75, 3.05) is 18.5 Å². The number of aryl methyl sites for hydroxylation is 2. The quantitative estimate of drug-likeness (QED) is 0.842. The second-order valence-corrected chi connectivity index (χ2v) is 4.44. The van der Waals surface area contributed by atoms with Gasteiger partial charge in [0.15, 0.2) is 5.41 Å². The molecule has 4 nitrogen and oxygen atoms in total. The summed E-state index contributed by atoms with van der Waals surface area (Å²) in [5, 5.41) is 11.8. The lowest BCUT2D eigenvalue weighted by Gasteiger charge is -2.33. The molecular weight excluding hydrogens is 216 g/mol. The molecule has 1 amide bonds. The Morgan fingerprint density at radius 3 is 2.59 bits per heavy atom. The number of ether oxygens (including phenoxy) is 1. The fraction of sp³-hybridized carbons (Fsp3) is 0.385. The Kier molecular flexibility index (Phi) is 2.86. The van der Waals surface area contributed by atoms with Crippen molar-refractivity contribution in [2.45, 2.75) is 13.8 Å². The molecule has 0 aromatic heterocycles. The third-order valence-electron chi connectivity index (χ3n) is 3.11. The van der Waals surface area contributed by atoms with Gasteiger partial charge in [0, 0.05) is 5.69 Å². The molecule has 1 aliphatic rings. The second-order valence-electron chi connectivity index (χ2n) is 4.44. The summed E-state index contributed by atoms with van der Waals surface area (Å²) in [6.45, 7) is 4.36. The van der Waals surface area contributed by atoms with Gasteiger partial charge in [0.1, 0.15) is 0 Å². The Hall–Kier alpha value is -1.86. The minimum Gasteiger partial charge on any atom is -0.377 e. The lowest BCUT2D eigenvalue weighted by Crippen LogP contribution is -2.50. The lowest BCUT2D eigenvalue weighted by molar-refractivity contribution is -0.144. The first kappa shape index (κ1) is 11.6. The topological polar surface area (TPSA) is 62.1 Å². The first-order valence-corrected chi connectivity index (χ1v) is 5.45. The highest BCUT2D eigenvalue weighted by Gasteiger charge is 2.46. The van der Waals surface area contributed by atoms with Crippen LogP contribution in [0.4, 0.5) is 5.69 Å². The molecule has 1 aromatic rings. The van der Waals surface area contributed by atoms with E-state index < -0.39 is 5.41 Å². The molecule has 88 valence electrons. The van der Waals surface area contributed by atoms with Gasteiger partial charge in [0.2, 0.25) is 5.91 Å². The van der Waals surface area contributed by atoms with E-state index in [0.29, 0.717) is 0 Å². The highest BCUT2D eigenvalue weighted by molar-refractivity contribution is 5.98. The van der Waals surface area contributed by atoms with E-state index in [2.05, 4.69) is 5.32 Å². The summed E-state index contributed by atoms with van der Waals surface area (Å²) >= 11 is 0. The van der Waals surface area contributed by atoms with Gasteiger partial charge in [-0.1, -0.05) is 6.07 Å². The molecule has 1 aromatic carbocycles. The molecule has 0 saturated carbocycles. The molecule has 0 aliphatic carbocycles. The summed E-state index contributed by atoms with van der Waals surface area (Å²) in [6.07, 6.45) is 0. The van der Waals surface area contributed by atoms with Crippen molar-refractivity contribution in [3.63, 3.8) is 0 Å². The Balaban J connectivity index is 2.13. The molecular formula is C13H14N2O2. The van der Waals surface area contributed by atoms with Crippen molar-refractivity contribution < 1.29 is 9.53 Å². The minimum absolute atomic E-state index is 0.181. The van der Waals surface area contributed by atoms with Crippen LogP contribution >= 0.6 is 0 Å². The van der Waals surface area contributed by atoms with Gasteiger partial charge in [-0.15, -0.1) is 0 Å². The highest BCUT2D eigenvalue weighted by Crippen LogP contribution is 2.28. The highest BCUT2D eigenvalue weighted by atomic mass is 16.5. The van der Waals surface area contributed by atoms with Crippen LogP contribution in [0.3, 0.4) is 0 Å². The van der Waals surface area contributed by atoms with Gasteiger partial charge in [0.25, 0.3) is 0 Å². The molecule has 0 spiro atoms. The van der Waals surface area contributed by atoms with Crippen LogP contribution in [0.15, 0.2) is 18.2 Å². The number of carbonyl (C=O) groups is 1. The van der Waals surface area contributed by atoms with Crippen molar-refractivity contribution in [3.05, 3.63) is 29.3 Å². The monoisotopic (exact) mass is 230 g/mol. The molecule has 0 bridgehead atoms. The van der Waals surface area contributed by atoms with Gasteiger partial charge in [-0.25, -0.2) is 0 Å². The SMILES string of the molecule is Cc1ccc(NC(=O)C2(C#N)COC2)cc1C. The van der Waals surface area contributed by atoms with Crippen molar-refractivity contribution in [2.24, 2.45) is 5.41 Å². The first-order valence-electron chi connectivity index (χ1n) is 5.45. The Labute approximate surface area is 100 Å². The predicted molar refractivity (Wildman–Crippen MR) is 63.4 cm³/mol. The molecule has 2 rings (SSSR count). The fourth-order valence-corrected chi connectivity index (χ4v) is 1.62. The van der Waals surface area contributed by atoms with Crippen molar-refractivity contribution in [1.29, 1.82) is 5.26 Å². The summed E-state index contributed by atoms with van der Waals surface area (Å²) in [7, 11) is 0. The zero-order valence-corrected chi connectivity index (χ0v) is 9.91. The molecule has 1 saturated heterocycles. The molecule has 1 fully saturated rings. The summed E-state index contributed by atoms with van der Waals surface area (Å²) < 4.78 is 4.95. The Morgan fingerprint density at radius 2 is 2.12 bits per heavy atom. The van der Waals surface area contributed by atoms with Crippen LogP contribution in [0.2, 0.25) is 0 Å². The van der Waals surface area contributed by atoms with Crippen LogP contribution in [-0.4, -0.2) is 19.1 Å². The molecule has 1 N–H and O–H groups in total. The predicted octanol–water partition coefficient (Wildman–Crippen LogP) is 1.78. The maximum Gasteiger partial charge on any atom is 0.249 e. The zero-order chi connectivity index (χ0) is 12.5. The fourth-order valence-electron chi connectivity index (χ4n) is 1.62. The maximum absolute atomic E-state index is 11.9. The second kappa shape index (κ2) is 4.19. The maximum atomic E-state index is 11.9. The van der Waals surface area contributed by atoms with Gasteiger partial charge >= 0.3 is 0 Å². The van der Waals surface area contributed by atoms with Crippen molar-refractivity contribution in [1.82, 2.24) is 0 Å². The Morgan fingerprint density at radius 1 is 1.41 bits per heavy atom. The van der Waals surface area contributed by atoms with Crippen LogP contribution in [0, 0.1) is 30.6 Å². The van der Waals surface area contributed by atoms with Crippen LogP contribution in [-0.2, 0) is 9.53 Å². The molecule has 1 aliphatic heterocycles. The van der Waals surface area contributed by atoms with E-state index in [1.54, 1.807) is 0 Å². The summed E-state index contributed by atoms with van der Waals surface area (Å²) in [4.78, 5) is 11.9. The lowest BCUT2D eigenvalue weighted by atomic mass is 9.87. The Bertz CT molecular complexity index is 499. The van der Waals surface area contributed by atoms with E-state index in [-0.39, 0.29) is 19.1 Å². The van der Waals surface area contributed by atoms with E-state index in [1.165, 1.54) is 5.56 Å². The number of carbonyl (C=O) groups excluding carboxylic acids is 1. The van der Waals surface area contributed by atoms with E-state index in [1.807, 2.05) is 38.1 Å². The third kappa shape index (κ3) is 2.02. The minimum atomic E-state index is -1.00. The summed E-state index contributed by atoms with van der Waals surface area (Å²) in [5.41, 5.74) is 2.00. The molecule has 0 atom stereocenters. The van der Waals surface area contributed by atoms with E-state index in [0.717, 1.165) is 11.3 Å². The number of nitrogens with zero attached hydrogens (tertiary/aromatic N) is 1. The number of hydrogen-bond donors (Lipinski definition) is 1. The smallest absolute Gasteiger partial charge is 0.249 e. The number of amides is 1. The molecule has 4 heteroatoms. The number of rotatable bonds is 2. The average Bonchev–Trinajstić information content (AvgIpc) is 2.23. The van der Waals surface area contributed by atoms with Gasteiger partial charge in [-0.05, 0) is 37.1 Å². The van der Waals surface area contributed by atoms with Crippen LogP contribution in [0.25, 0.3) is 0 Å². The van der Waals surface area contributed by atoms with Gasteiger partial charge in [-0.3, -0.25) is 4.79 Å². The number of benzene rings is 1. The largest absolute Gasteiger partial charge is 0.377 e. The van der Waals surface area contributed by atoms with Crippen LogP contribution in [0.5, 0.6) is 0 Å². The van der Waals surface area contributed by atoms with Gasteiger partial charge in [-0.2, -0.15) is 5.26 Å². The van der Waals surface area contributed by atoms with Gasteiger partial charge in [0.05, 0.1) is 19.3 Å². The first-order chi connectivity index (χ1) is 8.07. The third-order valence-corrected chi connectivity index (χ3v) is 3.11. The number of nitrogens with one attached hydrogen (secondary N) is 1. The molecule has 1 heterocycles. The van der Waals surface area contributed by atoms with Crippen molar-refractivity contribution >= 4 is 11.6 Å². The van der Waals surface area contributed by atoms with E-state index >= 15 is 0 Å². The number of nitriles is 1. The standard InChI is InChI=1S/C13H14N2O2/c1-9-3-4-11(5-10(9)2)15-12(16)13(6-14)7-17-8-13/h3-5H,7-8H2,1-2H3,(H,15,16).